The summed E-state index contributed by atoms with van der Waals surface area (Å²) in [6, 6.07) is 0. The van der Waals surface area contributed by atoms with Crippen molar-refractivity contribution in [3.63, 3.8) is 0 Å². The summed E-state index contributed by atoms with van der Waals surface area (Å²) in [5, 5.41) is 3.40. The van der Waals surface area contributed by atoms with Crippen LogP contribution in [0.15, 0.2) is 71.7 Å². The lowest BCUT2D eigenvalue weighted by Gasteiger charge is -2.19. The molecule has 0 spiro atoms. The van der Waals surface area contributed by atoms with Gasteiger partial charge in [-0.1, -0.05) is 70.2 Å². The van der Waals surface area contributed by atoms with E-state index in [1.54, 1.807) is 6.08 Å². The molecule has 1 atom stereocenters. The fourth-order valence-corrected chi connectivity index (χ4v) is 2.34. The number of carbonyl (C=O) groups excluding carboxylic acids is 1. The Morgan fingerprint density at radius 1 is 1.21 bits per heavy atom. The molecule has 0 saturated heterocycles. The highest BCUT2D eigenvalue weighted by atomic mass is 16.1. The van der Waals surface area contributed by atoms with Gasteiger partial charge in [0.05, 0.1) is 0 Å². The molecule has 0 aromatic rings. The molecule has 0 aliphatic rings. The third kappa shape index (κ3) is 7.96. The van der Waals surface area contributed by atoms with Crippen molar-refractivity contribution in [1.82, 2.24) is 5.32 Å². The van der Waals surface area contributed by atoms with Crippen LogP contribution in [0.5, 0.6) is 0 Å². The van der Waals surface area contributed by atoms with Gasteiger partial charge in [0.1, 0.15) is 6.29 Å². The van der Waals surface area contributed by atoms with Crippen LogP contribution in [0.3, 0.4) is 0 Å². The highest BCUT2D eigenvalue weighted by molar-refractivity contribution is 5.66. The molecule has 0 radical (unpaired) electrons. The van der Waals surface area contributed by atoms with E-state index in [4.69, 9.17) is 0 Å². The first-order chi connectivity index (χ1) is 11.4. The second kappa shape index (κ2) is 12.3. The average molecular weight is 328 g/mol. The Morgan fingerprint density at radius 3 is 2.33 bits per heavy atom. The Morgan fingerprint density at radius 2 is 1.88 bits per heavy atom. The molecular weight excluding hydrogens is 294 g/mol. The van der Waals surface area contributed by atoms with Crippen molar-refractivity contribution >= 4 is 6.29 Å². The summed E-state index contributed by atoms with van der Waals surface area (Å²) in [4.78, 5) is 11.1. The molecule has 0 aliphatic carbocycles. The lowest BCUT2D eigenvalue weighted by Crippen LogP contribution is -2.19. The molecule has 2 heteroatoms. The van der Waals surface area contributed by atoms with Crippen molar-refractivity contribution < 1.29 is 4.79 Å². The Balaban J connectivity index is 5.58. The Labute approximate surface area is 148 Å². The molecule has 0 aromatic heterocycles. The molecule has 0 saturated carbocycles. The molecule has 0 aromatic carbocycles. The van der Waals surface area contributed by atoms with Crippen molar-refractivity contribution in [3.05, 3.63) is 71.7 Å². The number of nitrogens with one attached hydrogen (secondary N) is 1. The van der Waals surface area contributed by atoms with E-state index >= 15 is 0 Å². The van der Waals surface area contributed by atoms with Gasteiger partial charge in [-0.25, -0.2) is 0 Å². The SMILES string of the molecule is C=C/C(N/C(=C\C=O)C(C)/C=C\C(C)=C/CC)=C(\C=C/C)C(C)C. The number of hydrogen-bond donors (Lipinski definition) is 1. The molecule has 0 fully saturated rings. The zero-order valence-electron chi connectivity index (χ0n) is 16.1. The third-order valence-electron chi connectivity index (χ3n) is 3.67. The van der Waals surface area contributed by atoms with E-state index < -0.39 is 0 Å². The van der Waals surface area contributed by atoms with Crippen LogP contribution in [0.25, 0.3) is 0 Å². The van der Waals surface area contributed by atoms with E-state index in [0.717, 1.165) is 24.1 Å². The third-order valence-corrected chi connectivity index (χ3v) is 3.67. The van der Waals surface area contributed by atoms with Gasteiger partial charge in [-0.2, -0.15) is 0 Å². The lowest BCUT2D eigenvalue weighted by atomic mass is 9.98. The molecule has 1 N–H and O–H groups in total. The van der Waals surface area contributed by atoms with Crippen LogP contribution in [0.2, 0.25) is 0 Å². The lowest BCUT2D eigenvalue weighted by molar-refractivity contribution is -0.104. The van der Waals surface area contributed by atoms with Crippen LogP contribution in [0.4, 0.5) is 0 Å². The van der Waals surface area contributed by atoms with Gasteiger partial charge in [0, 0.05) is 17.3 Å². The summed E-state index contributed by atoms with van der Waals surface area (Å²) in [5.41, 5.74) is 4.20. The average Bonchev–Trinajstić information content (AvgIpc) is 2.54. The number of hydrogen-bond acceptors (Lipinski definition) is 2. The van der Waals surface area contributed by atoms with Crippen molar-refractivity contribution in [2.45, 2.75) is 48.0 Å². The molecule has 2 nitrogen and oxygen atoms in total. The summed E-state index contributed by atoms with van der Waals surface area (Å²) >= 11 is 0. The molecule has 0 aliphatic heterocycles. The summed E-state index contributed by atoms with van der Waals surface area (Å²) in [6.07, 6.45) is 15.7. The van der Waals surface area contributed by atoms with E-state index in [0.29, 0.717) is 5.92 Å². The largest absolute Gasteiger partial charge is 0.358 e. The number of aldehydes is 1. The predicted molar refractivity (Wildman–Crippen MR) is 107 cm³/mol. The molecule has 0 heterocycles. The van der Waals surface area contributed by atoms with Crippen molar-refractivity contribution in [1.29, 1.82) is 0 Å². The zero-order chi connectivity index (χ0) is 18.5. The Hall–Kier alpha value is -2.09. The second-order valence-corrected chi connectivity index (χ2v) is 6.12. The van der Waals surface area contributed by atoms with Gasteiger partial charge in [0.2, 0.25) is 0 Å². The molecule has 24 heavy (non-hydrogen) atoms. The van der Waals surface area contributed by atoms with Crippen LogP contribution in [0, 0.1) is 11.8 Å². The van der Waals surface area contributed by atoms with Gasteiger partial charge in [-0.15, -0.1) is 0 Å². The van der Waals surface area contributed by atoms with Gasteiger partial charge in [-0.05, 0) is 43.9 Å². The quantitative estimate of drug-likeness (QED) is 0.308. The number of rotatable bonds is 10. The predicted octanol–water partition coefficient (Wildman–Crippen LogP) is 5.88. The second-order valence-electron chi connectivity index (χ2n) is 6.12. The fraction of sp³-hybridized carbons (Fsp3) is 0.409. The van der Waals surface area contributed by atoms with Crippen LogP contribution >= 0.6 is 0 Å². The molecule has 0 bridgehead atoms. The Kier molecular flexibility index (Phi) is 11.3. The number of carbonyl (C=O) groups is 1. The molecule has 1 unspecified atom stereocenters. The van der Waals surface area contributed by atoms with E-state index in [2.05, 4.69) is 70.8 Å². The van der Waals surface area contributed by atoms with Crippen LogP contribution < -0.4 is 5.32 Å². The van der Waals surface area contributed by atoms with E-state index in [1.165, 1.54) is 11.1 Å². The monoisotopic (exact) mass is 327 g/mol. The minimum atomic E-state index is 0.101. The van der Waals surface area contributed by atoms with Crippen LogP contribution in [-0.4, -0.2) is 6.29 Å². The van der Waals surface area contributed by atoms with Gasteiger partial charge in [-0.3, -0.25) is 4.79 Å². The van der Waals surface area contributed by atoms with Gasteiger partial charge >= 0.3 is 0 Å². The van der Waals surface area contributed by atoms with Crippen LogP contribution in [0.1, 0.15) is 48.0 Å². The maximum absolute atomic E-state index is 11.1. The normalized spacial score (nSPS) is 15.8. The maximum atomic E-state index is 11.1. The fourth-order valence-electron chi connectivity index (χ4n) is 2.34. The smallest absolute Gasteiger partial charge is 0.144 e. The highest BCUT2D eigenvalue weighted by Crippen LogP contribution is 2.19. The van der Waals surface area contributed by atoms with Crippen molar-refractivity contribution in [3.8, 4) is 0 Å². The molecular formula is C22H33NO. The molecule has 0 amide bonds. The number of allylic oxidation sites excluding steroid dienone is 9. The van der Waals surface area contributed by atoms with Crippen LogP contribution in [-0.2, 0) is 4.79 Å². The Bertz CT molecular complexity index is 557. The minimum Gasteiger partial charge on any atom is -0.358 e. The first kappa shape index (κ1) is 21.9. The summed E-state index contributed by atoms with van der Waals surface area (Å²) in [6.45, 7) is 16.5. The molecule has 0 rings (SSSR count). The summed E-state index contributed by atoms with van der Waals surface area (Å²) < 4.78 is 0. The zero-order valence-corrected chi connectivity index (χ0v) is 16.1. The van der Waals surface area contributed by atoms with Gasteiger partial charge < -0.3 is 5.32 Å². The minimum absolute atomic E-state index is 0.101. The van der Waals surface area contributed by atoms with E-state index in [-0.39, 0.29) is 5.92 Å². The van der Waals surface area contributed by atoms with Crippen molar-refractivity contribution in [2.24, 2.45) is 11.8 Å². The molecule has 132 valence electrons. The van der Waals surface area contributed by atoms with Gasteiger partial charge in [0.25, 0.3) is 0 Å². The van der Waals surface area contributed by atoms with Crippen molar-refractivity contribution in [2.75, 3.05) is 0 Å². The first-order valence-corrected chi connectivity index (χ1v) is 8.67. The van der Waals surface area contributed by atoms with E-state index in [1.807, 2.05) is 19.1 Å². The van der Waals surface area contributed by atoms with Gasteiger partial charge in [0.15, 0.2) is 0 Å². The summed E-state index contributed by atoms with van der Waals surface area (Å²) in [5.74, 6) is 0.462. The van der Waals surface area contributed by atoms with E-state index in [9.17, 15) is 4.79 Å². The maximum Gasteiger partial charge on any atom is 0.144 e. The topological polar surface area (TPSA) is 29.1 Å². The standard InChI is InChI=1S/C22H33NO/c1-8-11-18(6)13-14-19(7)22(15-16-24)23-21(10-3)20(12-9-2)17(4)5/h9-17,19,23H,3,8H2,1-2,4-7H3/b12-9-,14-13-,18-11-,21-20-,22-15-. The highest BCUT2D eigenvalue weighted by Gasteiger charge is 2.10. The summed E-state index contributed by atoms with van der Waals surface area (Å²) in [7, 11) is 0. The first-order valence-electron chi connectivity index (χ1n) is 8.67.